The van der Waals surface area contributed by atoms with Gasteiger partial charge in [-0.15, -0.1) is 0 Å². The van der Waals surface area contributed by atoms with E-state index in [0.717, 1.165) is 33.1 Å². The lowest BCUT2D eigenvalue weighted by molar-refractivity contribution is 1.37. The van der Waals surface area contributed by atoms with Crippen molar-refractivity contribution in [3.63, 3.8) is 0 Å². The van der Waals surface area contributed by atoms with Crippen molar-refractivity contribution in [2.45, 2.75) is 0 Å². The van der Waals surface area contributed by atoms with Gasteiger partial charge in [0.2, 0.25) is 0 Å². The predicted molar refractivity (Wildman–Crippen MR) is 123 cm³/mol. The van der Waals surface area contributed by atoms with Gasteiger partial charge >= 0.3 is 0 Å². The normalized spacial score (nSPS) is 11.6. The first-order chi connectivity index (χ1) is 14.3. The Morgan fingerprint density at radius 2 is 1.14 bits per heavy atom. The van der Waals surface area contributed by atoms with E-state index in [1.807, 2.05) is 12.1 Å². The second kappa shape index (κ2) is 6.26. The van der Waals surface area contributed by atoms with Crippen LogP contribution in [0, 0.1) is 0 Å². The zero-order valence-electron chi connectivity index (χ0n) is 15.4. The fraction of sp³-hybridized carbons (Fsp3) is 0. The summed E-state index contributed by atoms with van der Waals surface area (Å²) in [5.41, 5.74) is 3.77. The number of halogens is 1. The third-order valence-corrected chi connectivity index (χ3v) is 5.74. The molecule has 29 heavy (non-hydrogen) atoms. The number of benzene rings is 4. The number of pyridine rings is 2. The van der Waals surface area contributed by atoms with Gasteiger partial charge < -0.3 is 0 Å². The van der Waals surface area contributed by atoms with E-state index >= 15 is 0 Å². The van der Waals surface area contributed by atoms with Crippen LogP contribution in [0.1, 0.15) is 0 Å². The number of nitrogens with zero attached hydrogens (tertiary/aromatic N) is 2. The maximum absolute atomic E-state index is 6.18. The molecule has 6 aromatic rings. The Labute approximate surface area is 172 Å². The molecule has 0 unspecified atom stereocenters. The Balaban J connectivity index is 1.72. The van der Waals surface area contributed by atoms with Gasteiger partial charge in [0.05, 0.1) is 16.7 Å². The third-order valence-electron chi connectivity index (χ3n) is 5.53. The smallest absolute Gasteiger partial charge is 0.129 e. The van der Waals surface area contributed by atoms with Crippen molar-refractivity contribution in [1.29, 1.82) is 0 Å². The van der Waals surface area contributed by atoms with E-state index in [9.17, 15) is 0 Å². The van der Waals surface area contributed by atoms with Gasteiger partial charge in [0.25, 0.3) is 0 Å². The Kier molecular flexibility index (Phi) is 3.56. The van der Waals surface area contributed by atoms with Crippen molar-refractivity contribution >= 4 is 55.0 Å². The van der Waals surface area contributed by atoms with Gasteiger partial charge in [0.15, 0.2) is 0 Å². The van der Waals surface area contributed by atoms with E-state index in [2.05, 4.69) is 83.8 Å². The molecule has 0 bridgehead atoms. The Morgan fingerprint density at radius 3 is 1.97 bits per heavy atom. The van der Waals surface area contributed by atoms with Crippen LogP contribution in [0.15, 0.2) is 91.0 Å². The van der Waals surface area contributed by atoms with E-state index < -0.39 is 0 Å². The molecule has 0 amide bonds. The number of hydrogen-bond donors (Lipinski definition) is 0. The molecule has 0 aliphatic heterocycles. The first-order valence-corrected chi connectivity index (χ1v) is 9.93. The van der Waals surface area contributed by atoms with Gasteiger partial charge in [-0.05, 0) is 45.8 Å². The van der Waals surface area contributed by atoms with E-state index in [4.69, 9.17) is 16.6 Å². The second-order valence-corrected chi connectivity index (χ2v) is 7.62. The summed E-state index contributed by atoms with van der Waals surface area (Å²) in [6, 6.07) is 31.4. The van der Waals surface area contributed by atoms with E-state index in [0.29, 0.717) is 5.15 Å². The van der Waals surface area contributed by atoms with Crippen LogP contribution < -0.4 is 0 Å². The molecule has 0 spiro atoms. The number of hydrogen-bond acceptors (Lipinski definition) is 2. The summed E-state index contributed by atoms with van der Waals surface area (Å²) in [5, 5.41) is 7.48. The number of fused-ring (bicyclic) bond motifs is 6. The van der Waals surface area contributed by atoms with Crippen molar-refractivity contribution in [2.75, 3.05) is 0 Å². The highest BCUT2D eigenvalue weighted by atomic mass is 35.5. The summed E-state index contributed by atoms with van der Waals surface area (Å²) in [4.78, 5) is 9.60. The monoisotopic (exact) mass is 390 g/mol. The zero-order valence-corrected chi connectivity index (χ0v) is 16.2. The molecule has 0 saturated carbocycles. The van der Waals surface area contributed by atoms with Crippen molar-refractivity contribution in [3.8, 4) is 11.3 Å². The van der Waals surface area contributed by atoms with Crippen LogP contribution in [0.3, 0.4) is 0 Å². The Hall–Kier alpha value is -3.49. The molecule has 0 atom stereocenters. The molecule has 0 radical (unpaired) electrons. The van der Waals surface area contributed by atoms with Crippen LogP contribution in [-0.2, 0) is 0 Å². The number of rotatable bonds is 1. The average Bonchev–Trinajstić information content (AvgIpc) is 2.78. The topological polar surface area (TPSA) is 25.8 Å². The van der Waals surface area contributed by atoms with Crippen molar-refractivity contribution in [2.24, 2.45) is 0 Å². The van der Waals surface area contributed by atoms with Crippen LogP contribution in [-0.4, -0.2) is 9.97 Å². The average molecular weight is 391 g/mol. The highest BCUT2D eigenvalue weighted by molar-refractivity contribution is 6.30. The molecule has 0 aliphatic rings. The quantitative estimate of drug-likeness (QED) is 0.216. The second-order valence-electron chi connectivity index (χ2n) is 7.23. The first-order valence-electron chi connectivity index (χ1n) is 9.55. The lowest BCUT2D eigenvalue weighted by Gasteiger charge is -2.11. The molecular formula is C26H15ClN2. The van der Waals surface area contributed by atoms with E-state index in [1.165, 1.54) is 21.5 Å². The van der Waals surface area contributed by atoms with Gasteiger partial charge in [-0.2, -0.15) is 0 Å². The first kappa shape index (κ1) is 16.5. The predicted octanol–water partition coefficient (Wildman–Crippen LogP) is 7.41. The molecule has 2 heterocycles. The van der Waals surface area contributed by atoms with E-state index in [1.54, 1.807) is 0 Å². The summed E-state index contributed by atoms with van der Waals surface area (Å²) in [6.07, 6.45) is 0. The summed E-state index contributed by atoms with van der Waals surface area (Å²) >= 11 is 6.18. The minimum atomic E-state index is 0.480. The van der Waals surface area contributed by atoms with E-state index in [-0.39, 0.29) is 0 Å². The van der Waals surface area contributed by atoms with Gasteiger partial charge in [-0.1, -0.05) is 78.3 Å². The van der Waals surface area contributed by atoms with Crippen molar-refractivity contribution in [3.05, 3.63) is 96.1 Å². The molecule has 0 fully saturated rings. The van der Waals surface area contributed by atoms with Gasteiger partial charge in [0, 0.05) is 16.3 Å². The summed E-state index contributed by atoms with van der Waals surface area (Å²) in [6.45, 7) is 0. The highest BCUT2D eigenvalue weighted by Gasteiger charge is 2.11. The fourth-order valence-electron chi connectivity index (χ4n) is 4.16. The molecule has 4 aromatic carbocycles. The van der Waals surface area contributed by atoms with Crippen LogP contribution in [0.5, 0.6) is 0 Å². The Bertz CT molecular complexity index is 1570. The van der Waals surface area contributed by atoms with Gasteiger partial charge in [0.1, 0.15) is 5.15 Å². The van der Waals surface area contributed by atoms with Crippen LogP contribution >= 0.6 is 11.6 Å². The molecule has 136 valence electrons. The molecule has 2 nitrogen and oxygen atoms in total. The lowest BCUT2D eigenvalue weighted by Crippen LogP contribution is -1.91. The number of aromatic nitrogens is 2. The van der Waals surface area contributed by atoms with Crippen molar-refractivity contribution in [1.82, 2.24) is 9.97 Å². The van der Waals surface area contributed by atoms with Gasteiger partial charge in [-0.25, -0.2) is 9.97 Å². The molecule has 0 saturated heterocycles. The molecule has 6 rings (SSSR count). The molecule has 0 N–H and O–H groups in total. The van der Waals surface area contributed by atoms with Gasteiger partial charge in [-0.3, -0.25) is 0 Å². The third kappa shape index (κ3) is 2.57. The largest absolute Gasteiger partial charge is 0.245 e. The lowest BCUT2D eigenvalue weighted by atomic mass is 9.95. The van der Waals surface area contributed by atoms with Crippen LogP contribution in [0.25, 0.3) is 54.6 Å². The van der Waals surface area contributed by atoms with Crippen molar-refractivity contribution < 1.29 is 0 Å². The zero-order chi connectivity index (χ0) is 19.4. The molecule has 0 aliphatic carbocycles. The standard InChI is InChI=1S/C26H15ClN2/c27-24-14-12-17-10-9-16-11-13-23(28-25(16)26(17)29-24)22-15-18-5-1-2-6-19(18)20-7-3-4-8-21(20)22/h1-15H. The molecule has 2 aromatic heterocycles. The maximum Gasteiger partial charge on any atom is 0.129 e. The van der Waals surface area contributed by atoms with Crippen LogP contribution in [0.2, 0.25) is 5.15 Å². The molecular weight excluding hydrogens is 376 g/mol. The minimum Gasteiger partial charge on any atom is -0.245 e. The molecule has 3 heteroatoms. The minimum absolute atomic E-state index is 0.480. The van der Waals surface area contributed by atoms with Crippen LogP contribution in [0.4, 0.5) is 0 Å². The fourth-order valence-corrected chi connectivity index (χ4v) is 4.31. The Morgan fingerprint density at radius 1 is 0.517 bits per heavy atom. The SMILES string of the molecule is Clc1ccc2ccc3ccc(-c4cc5ccccc5c5ccccc45)nc3c2n1. The maximum atomic E-state index is 6.18. The summed E-state index contributed by atoms with van der Waals surface area (Å²) in [5.74, 6) is 0. The summed E-state index contributed by atoms with van der Waals surface area (Å²) < 4.78 is 0. The summed E-state index contributed by atoms with van der Waals surface area (Å²) in [7, 11) is 0. The highest BCUT2D eigenvalue weighted by Crippen LogP contribution is 2.35.